The average molecular weight is 288 g/mol. The molecule has 0 spiro atoms. The van der Waals surface area contributed by atoms with Gasteiger partial charge in [0.2, 0.25) is 0 Å². The van der Waals surface area contributed by atoms with E-state index >= 15 is 0 Å². The molecular weight excluding hydrogens is 276 g/mol. The monoisotopic (exact) mass is 288 g/mol. The quantitative estimate of drug-likeness (QED) is 0.685. The molecule has 1 aromatic carbocycles. The minimum Gasteiger partial charge on any atom is -0.478 e. The van der Waals surface area contributed by atoms with Crippen LogP contribution in [0.1, 0.15) is 21.5 Å². The molecule has 0 saturated heterocycles. The molecule has 21 heavy (non-hydrogen) atoms. The Kier molecular flexibility index (Phi) is 3.84. The Morgan fingerprint density at radius 3 is 2.62 bits per heavy atom. The fourth-order valence-corrected chi connectivity index (χ4v) is 1.75. The van der Waals surface area contributed by atoms with Gasteiger partial charge in [0.15, 0.2) is 0 Å². The van der Waals surface area contributed by atoms with E-state index in [1.807, 2.05) is 0 Å². The molecule has 0 aliphatic carbocycles. The van der Waals surface area contributed by atoms with Gasteiger partial charge in [-0.15, -0.1) is 0 Å². The van der Waals surface area contributed by atoms with Crippen molar-refractivity contribution in [1.82, 2.24) is 4.98 Å². The first kappa shape index (κ1) is 14.4. The second kappa shape index (κ2) is 5.58. The second-order valence-corrected chi connectivity index (χ2v) is 4.48. The van der Waals surface area contributed by atoms with E-state index in [9.17, 15) is 14.9 Å². The maximum Gasteiger partial charge on any atom is 0.335 e. The summed E-state index contributed by atoms with van der Waals surface area (Å²) in [4.78, 5) is 25.2. The summed E-state index contributed by atoms with van der Waals surface area (Å²) in [6.07, 6.45) is 1.46. The third kappa shape index (κ3) is 3.14. The van der Waals surface area contributed by atoms with Crippen LogP contribution >= 0.6 is 0 Å². The predicted octanol–water partition coefficient (Wildman–Crippen LogP) is 3.10. The van der Waals surface area contributed by atoms with Crippen LogP contribution in [0.3, 0.4) is 0 Å². The number of carbonyl (C=O) groups is 1. The van der Waals surface area contributed by atoms with E-state index in [2.05, 4.69) is 4.98 Å². The second-order valence-electron chi connectivity index (χ2n) is 4.48. The molecular formula is C14H12N2O5. The summed E-state index contributed by atoms with van der Waals surface area (Å²) in [6, 6.07) is 5.61. The Labute approximate surface area is 120 Å². The van der Waals surface area contributed by atoms with Crippen molar-refractivity contribution in [2.24, 2.45) is 0 Å². The number of nitro groups is 1. The van der Waals surface area contributed by atoms with Crippen LogP contribution in [0.25, 0.3) is 0 Å². The number of hydrogen-bond donors (Lipinski definition) is 1. The highest BCUT2D eigenvalue weighted by Crippen LogP contribution is 2.31. The molecule has 0 aliphatic heterocycles. The molecule has 1 heterocycles. The molecule has 1 aromatic heterocycles. The van der Waals surface area contributed by atoms with Crippen LogP contribution in [-0.4, -0.2) is 21.0 Å². The van der Waals surface area contributed by atoms with E-state index < -0.39 is 10.9 Å². The fraction of sp³-hybridized carbons (Fsp3) is 0.143. The van der Waals surface area contributed by atoms with E-state index in [0.717, 1.165) is 0 Å². The minimum absolute atomic E-state index is 0.117. The number of nitrogens with zero attached hydrogens (tertiary/aromatic N) is 2. The number of aromatic nitrogens is 1. The number of benzene rings is 1. The number of carboxylic acids is 1. The predicted molar refractivity (Wildman–Crippen MR) is 73.8 cm³/mol. The van der Waals surface area contributed by atoms with Gasteiger partial charge in [0.25, 0.3) is 5.88 Å². The zero-order valence-corrected chi connectivity index (χ0v) is 11.4. The summed E-state index contributed by atoms with van der Waals surface area (Å²) in [7, 11) is 0. The lowest BCUT2D eigenvalue weighted by Crippen LogP contribution is -2.00. The molecule has 7 heteroatoms. The number of pyridine rings is 1. The Morgan fingerprint density at radius 2 is 2.05 bits per heavy atom. The Morgan fingerprint density at radius 1 is 1.33 bits per heavy atom. The van der Waals surface area contributed by atoms with E-state index in [0.29, 0.717) is 16.9 Å². The van der Waals surface area contributed by atoms with Crippen molar-refractivity contribution in [2.75, 3.05) is 0 Å². The van der Waals surface area contributed by atoms with Crippen molar-refractivity contribution in [3.63, 3.8) is 0 Å². The number of ether oxygens (including phenoxy) is 1. The van der Waals surface area contributed by atoms with Gasteiger partial charge < -0.3 is 9.84 Å². The zero-order chi connectivity index (χ0) is 15.6. The van der Waals surface area contributed by atoms with E-state index in [1.54, 1.807) is 13.8 Å². The van der Waals surface area contributed by atoms with Gasteiger partial charge in [0, 0.05) is 12.3 Å². The largest absolute Gasteiger partial charge is 0.478 e. The Bertz CT molecular complexity index is 727. The number of carboxylic acid groups (broad SMARTS) is 1. The van der Waals surface area contributed by atoms with Crippen LogP contribution in [-0.2, 0) is 0 Å². The molecule has 0 aliphatic rings. The first-order chi connectivity index (χ1) is 9.88. The van der Waals surface area contributed by atoms with Crippen LogP contribution in [0.15, 0.2) is 30.5 Å². The normalized spacial score (nSPS) is 10.2. The molecule has 108 valence electrons. The summed E-state index contributed by atoms with van der Waals surface area (Å²) in [6.45, 7) is 3.35. The maximum atomic E-state index is 11.0. The SMILES string of the molecule is Cc1cnc(Oc2ccc(C(=O)O)cc2C)c([N+](=O)[O-])c1. The number of aromatic carboxylic acids is 1. The zero-order valence-electron chi connectivity index (χ0n) is 11.4. The minimum atomic E-state index is -1.05. The third-order valence-corrected chi connectivity index (χ3v) is 2.79. The number of aryl methyl sites for hydroxylation is 2. The van der Waals surface area contributed by atoms with Crippen LogP contribution in [0.4, 0.5) is 5.69 Å². The highest BCUT2D eigenvalue weighted by Gasteiger charge is 2.18. The van der Waals surface area contributed by atoms with Crippen LogP contribution in [0.5, 0.6) is 11.6 Å². The number of rotatable bonds is 4. The summed E-state index contributed by atoms with van der Waals surface area (Å²) in [5.74, 6) is -0.861. The van der Waals surface area contributed by atoms with Crippen molar-refractivity contribution in [1.29, 1.82) is 0 Å². The molecule has 0 bridgehead atoms. The van der Waals surface area contributed by atoms with Gasteiger partial charge in [-0.05, 0) is 43.2 Å². The van der Waals surface area contributed by atoms with Crippen molar-refractivity contribution in [2.45, 2.75) is 13.8 Å². The van der Waals surface area contributed by atoms with E-state index in [-0.39, 0.29) is 17.1 Å². The van der Waals surface area contributed by atoms with Gasteiger partial charge in [-0.25, -0.2) is 9.78 Å². The smallest absolute Gasteiger partial charge is 0.335 e. The lowest BCUT2D eigenvalue weighted by atomic mass is 10.1. The molecule has 2 aromatic rings. The molecule has 0 fully saturated rings. The first-order valence-electron chi connectivity index (χ1n) is 6.01. The van der Waals surface area contributed by atoms with Gasteiger partial charge >= 0.3 is 11.7 Å². The maximum absolute atomic E-state index is 11.0. The van der Waals surface area contributed by atoms with Gasteiger partial charge in [-0.2, -0.15) is 0 Å². The van der Waals surface area contributed by atoms with Gasteiger partial charge in [0.05, 0.1) is 10.5 Å². The Balaban J connectivity index is 2.39. The lowest BCUT2D eigenvalue weighted by molar-refractivity contribution is -0.386. The highest BCUT2D eigenvalue weighted by molar-refractivity contribution is 5.88. The van der Waals surface area contributed by atoms with Crippen molar-refractivity contribution < 1.29 is 19.6 Å². The van der Waals surface area contributed by atoms with Crippen LogP contribution in [0.2, 0.25) is 0 Å². The summed E-state index contributed by atoms with van der Waals surface area (Å²) >= 11 is 0. The van der Waals surface area contributed by atoms with Gasteiger partial charge in [0.1, 0.15) is 5.75 Å². The average Bonchev–Trinajstić information content (AvgIpc) is 2.42. The van der Waals surface area contributed by atoms with Gasteiger partial charge in [-0.3, -0.25) is 10.1 Å². The standard InChI is InChI=1S/C14H12N2O5/c1-8-5-11(16(19)20)13(15-7-8)21-12-4-3-10(14(17)18)6-9(12)2/h3-7H,1-2H3,(H,17,18). The summed E-state index contributed by atoms with van der Waals surface area (Å²) in [5, 5.41) is 19.9. The van der Waals surface area contributed by atoms with Crippen LogP contribution in [0, 0.1) is 24.0 Å². The summed E-state index contributed by atoms with van der Waals surface area (Å²) in [5.41, 5.74) is 1.07. The molecule has 1 N–H and O–H groups in total. The van der Waals surface area contributed by atoms with Crippen molar-refractivity contribution in [3.8, 4) is 11.6 Å². The first-order valence-corrected chi connectivity index (χ1v) is 6.01. The molecule has 0 amide bonds. The molecule has 0 unspecified atom stereocenters. The highest BCUT2D eigenvalue weighted by atomic mass is 16.6. The van der Waals surface area contributed by atoms with Gasteiger partial charge in [-0.1, -0.05) is 0 Å². The topological polar surface area (TPSA) is 103 Å². The fourth-order valence-electron chi connectivity index (χ4n) is 1.75. The molecule has 0 saturated carbocycles. The molecule has 0 atom stereocenters. The third-order valence-electron chi connectivity index (χ3n) is 2.79. The van der Waals surface area contributed by atoms with Crippen LogP contribution < -0.4 is 4.74 Å². The molecule has 7 nitrogen and oxygen atoms in total. The number of hydrogen-bond acceptors (Lipinski definition) is 5. The van der Waals surface area contributed by atoms with E-state index in [4.69, 9.17) is 9.84 Å². The Hall–Kier alpha value is -2.96. The molecule has 0 radical (unpaired) electrons. The van der Waals surface area contributed by atoms with Crippen molar-refractivity contribution >= 4 is 11.7 Å². The van der Waals surface area contributed by atoms with Crippen molar-refractivity contribution in [3.05, 3.63) is 57.3 Å². The summed E-state index contributed by atoms with van der Waals surface area (Å²) < 4.78 is 5.45. The molecule has 2 rings (SSSR count). The lowest BCUT2D eigenvalue weighted by Gasteiger charge is -2.09. The van der Waals surface area contributed by atoms with E-state index in [1.165, 1.54) is 30.5 Å².